The molecule has 0 aliphatic carbocycles. The number of nitrogens with zero attached hydrogens (tertiary/aromatic N) is 1. The number of amides is 1. The van der Waals surface area contributed by atoms with Crippen LogP contribution in [0.25, 0.3) is 11.4 Å². The van der Waals surface area contributed by atoms with Crippen LogP contribution < -0.4 is 10.9 Å². The monoisotopic (exact) mass is 359 g/mol. The SMILES string of the molecule is CCCCSC(C)C(=O)Nc1cccc(-c2nc(CC)cc(=O)[nH]2)c1. The number of anilines is 1. The molecular weight excluding hydrogens is 334 g/mol. The van der Waals surface area contributed by atoms with Crippen LogP contribution in [0.4, 0.5) is 5.69 Å². The van der Waals surface area contributed by atoms with Gasteiger partial charge in [0, 0.05) is 23.0 Å². The number of thioether (sulfide) groups is 1. The van der Waals surface area contributed by atoms with E-state index in [1.165, 1.54) is 6.07 Å². The molecular formula is C19H25N3O2S. The van der Waals surface area contributed by atoms with Crippen LogP contribution in [0.2, 0.25) is 0 Å². The number of carbonyl (C=O) groups is 1. The van der Waals surface area contributed by atoms with E-state index >= 15 is 0 Å². The molecule has 6 heteroatoms. The quantitative estimate of drug-likeness (QED) is 0.702. The third-order valence-corrected chi connectivity index (χ3v) is 5.03. The molecule has 2 rings (SSSR count). The highest BCUT2D eigenvalue weighted by molar-refractivity contribution is 8.00. The maximum absolute atomic E-state index is 12.3. The molecule has 0 saturated carbocycles. The second kappa shape index (κ2) is 9.42. The zero-order valence-electron chi connectivity index (χ0n) is 15.0. The van der Waals surface area contributed by atoms with E-state index in [0.717, 1.165) is 29.9 Å². The van der Waals surface area contributed by atoms with Crippen LogP contribution in [0.15, 0.2) is 35.1 Å². The van der Waals surface area contributed by atoms with Gasteiger partial charge < -0.3 is 10.3 Å². The Morgan fingerprint density at radius 3 is 2.84 bits per heavy atom. The fraction of sp³-hybridized carbons (Fsp3) is 0.421. The van der Waals surface area contributed by atoms with Crippen molar-refractivity contribution in [3.63, 3.8) is 0 Å². The average Bonchev–Trinajstić information content (AvgIpc) is 2.61. The van der Waals surface area contributed by atoms with E-state index in [1.54, 1.807) is 11.8 Å². The van der Waals surface area contributed by atoms with Gasteiger partial charge in [0.1, 0.15) is 5.82 Å². The number of rotatable bonds is 8. The number of aryl methyl sites for hydroxylation is 1. The molecule has 0 bridgehead atoms. The number of carbonyl (C=O) groups excluding carboxylic acids is 1. The maximum Gasteiger partial charge on any atom is 0.251 e. The first kappa shape index (κ1) is 19.2. The zero-order valence-corrected chi connectivity index (χ0v) is 15.8. The predicted octanol–water partition coefficient (Wildman–Crippen LogP) is 3.86. The van der Waals surface area contributed by atoms with Crippen molar-refractivity contribution >= 4 is 23.4 Å². The number of benzene rings is 1. The van der Waals surface area contributed by atoms with Crippen LogP contribution in [-0.2, 0) is 11.2 Å². The topological polar surface area (TPSA) is 74.8 Å². The summed E-state index contributed by atoms with van der Waals surface area (Å²) in [4.78, 5) is 31.3. The second-order valence-electron chi connectivity index (χ2n) is 5.88. The molecule has 5 nitrogen and oxygen atoms in total. The van der Waals surface area contributed by atoms with E-state index in [0.29, 0.717) is 17.9 Å². The van der Waals surface area contributed by atoms with Crippen molar-refractivity contribution in [2.45, 2.75) is 45.3 Å². The van der Waals surface area contributed by atoms with Gasteiger partial charge in [0.05, 0.1) is 5.25 Å². The van der Waals surface area contributed by atoms with E-state index in [1.807, 2.05) is 38.1 Å². The molecule has 134 valence electrons. The fourth-order valence-electron chi connectivity index (χ4n) is 2.29. The maximum atomic E-state index is 12.3. The standard InChI is InChI=1S/C19H25N3O2S/c1-4-6-10-25-13(3)19(24)21-16-9-7-8-14(11-16)18-20-15(5-2)12-17(23)22-18/h7-9,11-13H,4-6,10H2,1-3H3,(H,21,24)(H,20,22,23). The summed E-state index contributed by atoms with van der Waals surface area (Å²) < 4.78 is 0. The van der Waals surface area contributed by atoms with Gasteiger partial charge in [-0.15, -0.1) is 11.8 Å². The summed E-state index contributed by atoms with van der Waals surface area (Å²) in [6.45, 7) is 6.02. The molecule has 1 heterocycles. The second-order valence-corrected chi connectivity index (χ2v) is 7.32. The summed E-state index contributed by atoms with van der Waals surface area (Å²) in [5.74, 6) is 1.49. The van der Waals surface area contributed by atoms with Gasteiger partial charge in [0.15, 0.2) is 0 Å². The number of unbranched alkanes of at least 4 members (excludes halogenated alkanes) is 1. The molecule has 1 aromatic carbocycles. The number of H-pyrrole nitrogens is 1. The van der Waals surface area contributed by atoms with Gasteiger partial charge in [-0.05, 0) is 37.7 Å². The molecule has 1 amide bonds. The summed E-state index contributed by atoms with van der Waals surface area (Å²) >= 11 is 1.66. The Balaban J connectivity index is 2.12. The van der Waals surface area contributed by atoms with Crippen LogP contribution >= 0.6 is 11.8 Å². The van der Waals surface area contributed by atoms with E-state index in [9.17, 15) is 9.59 Å². The van der Waals surface area contributed by atoms with Crippen molar-refractivity contribution in [2.75, 3.05) is 11.1 Å². The van der Waals surface area contributed by atoms with Gasteiger partial charge in [0.25, 0.3) is 5.56 Å². The number of nitrogens with one attached hydrogen (secondary N) is 2. The van der Waals surface area contributed by atoms with Gasteiger partial charge in [-0.3, -0.25) is 9.59 Å². The van der Waals surface area contributed by atoms with Gasteiger partial charge >= 0.3 is 0 Å². The van der Waals surface area contributed by atoms with Crippen molar-refractivity contribution in [3.8, 4) is 11.4 Å². The first-order valence-electron chi connectivity index (χ1n) is 8.66. The molecule has 0 radical (unpaired) electrons. The summed E-state index contributed by atoms with van der Waals surface area (Å²) in [5.41, 5.74) is 2.05. The van der Waals surface area contributed by atoms with Crippen molar-refractivity contribution in [1.82, 2.24) is 9.97 Å². The highest BCUT2D eigenvalue weighted by atomic mass is 32.2. The van der Waals surface area contributed by atoms with E-state index in [-0.39, 0.29) is 16.7 Å². The molecule has 0 spiro atoms. The highest BCUT2D eigenvalue weighted by Crippen LogP contribution is 2.20. The third kappa shape index (κ3) is 5.74. The van der Waals surface area contributed by atoms with Crippen LogP contribution in [0, 0.1) is 0 Å². The van der Waals surface area contributed by atoms with E-state index in [2.05, 4.69) is 22.2 Å². The molecule has 2 aromatic rings. The number of aromatic amines is 1. The lowest BCUT2D eigenvalue weighted by Crippen LogP contribution is -2.22. The molecule has 2 N–H and O–H groups in total. The van der Waals surface area contributed by atoms with Gasteiger partial charge in [-0.2, -0.15) is 0 Å². The Bertz CT molecular complexity index is 773. The minimum absolute atomic E-state index is 0.0120. The summed E-state index contributed by atoms with van der Waals surface area (Å²) in [5, 5.41) is 2.84. The Morgan fingerprint density at radius 1 is 1.32 bits per heavy atom. The van der Waals surface area contributed by atoms with E-state index < -0.39 is 0 Å². The highest BCUT2D eigenvalue weighted by Gasteiger charge is 2.13. The molecule has 1 aromatic heterocycles. The Morgan fingerprint density at radius 2 is 2.12 bits per heavy atom. The summed E-state index contributed by atoms with van der Waals surface area (Å²) in [6, 6.07) is 8.89. The minimum atomic E-state index is -0.169. The number of aromatic nitrogens is 2. The van der Waals surface area contributed by atoms with Crippen molar-refractivity contribution in [2.24, 2.45) is 0 Å². The van der Waals surface area contributed by atoms with Crippen molar-refractivity contribution in [3.05, 3.63) is 46.4 Å². The van der Waals surface area contributed by atoms with Gasteiger partial charge in [0.2, 0.25) is 5.91 Å². The smallest absolute Gasteiger partial charge is 0.251 e. The van der Waals surface area contributed by atoms with Crippen LogP contribution in [0.1, 0.15) is 39.3 Å². The van der Waals surface area contributed by atoms with Crippen LogP contribution in [-0.4, -0.2) is 26.9 Å². The first-order chi connectivity index (χ1) is 12.0. The minimum Gasteiger partial charge on any atom is -0.325 e. The zero-order chi connectivity index (χ0) is 18.2. The molecule has 0 saturated heterocycles. The summed E-state index contributed by atoms with van der Waals surface area (Å²) in [6.07, 6.45) is 2.94. The normalized spacial score (nSPS) is 12.0. The first-order valence-corrected chi connectivity index (χ1v) is 9.71. The lowest BCUT2D eigenvalue weighted by molar-refractivity contribution is -0.115. The molecule has 25 heavy (non-hydrogen) atoms. The fourth-order valence-corrected chi connectivity index (χ4v) is 3.31. The van der Waals surface area contributed by atoms with Crippen LogP contribution in [0.5, 0.6) is 0 Å². The van der Waals surface area contributed by atoms with Crippen LogP contribution in [0.3, 0.4) is 0 Å². The molecule has 1 atom stereocenters. The predicted molar refractivity (Wildman–Crippen MR) is 105 cm³/mol. The molecule has 0 fully saturated rings. The third-order valence-electron chi connectivity index (χ3n) is 3.80. The average molecular weight is 359 g/mol. The molecule has 0 aliphatic rings. The Hall–Kier alpha value is -2.08. The summed E-state index contributed by atoms with van der Waals surface area (Å²) in [7, 11) is 0. The van der Waals surface area contributed by atoms with E-state index in [4.69, 9.17) is 0 Å². The Labute approximate surface area is 152 Å². The molecule has 1 unspecified atom stereocenters. The largest absolute Gasteiger partial charge is 0.325 e. The lowest BCUT2D eigenvalue weighted by Gasteiger charge is -2.12. The van der Waals surface area contributed by atoms with Gasteiger partial charge in [-0.1, -0.05) is 32.4 Å². The Kier molecular flexibility index (Phi) is 7.25. The number of hydrogen-bond acceptors (Lipinski definition) is 4. The number of hydrogen-bond donors (Lipinski definition) is 2. The lowest BCUT2D eigenvalue weighted by atomic mass is 10.1. The van der Waals surface area contributed by atoms with Gasteiger partial charge in [-0.25, -0.2) is 4.98 Å². The van der Waals surface area contributed by atoms with Crippen molar-refractivity contribution < 1.29 is 4.79 Å². The molecule has 0 aliphatic heterocycles. The van der Waals surface area contributed by atoms with Crippen molar-refractivity contribution in [1.29, 1.82) is 0 Å².